The highest BCUT2D eigenvalue weighted by Gasteiger charge is 2.13. The fourth-order valence-corrected chi connectivity index (χ4v) is 2.78. The molecule has 0 saturated heterocycles. The van der Waals surface area contributed by atoms with Gasteiger partial charge in [0.25, 0.3) is 0 Å². The molecule has 0 unspecified atom stereocenters. The summed E-state index contributed by atoms with van der Waals surface area (Å²) in [6, 6.07) is 17.9. The van der Waals surface area contributed by atoms with Crippen LogP contribution in [-0.4, -0.2) is 35.3 Å². The number of hydrogen-bond acceptors (Lipinski definition) is 4. The van der Waals surface area contributed by atoms with Crippen molar-refractivity contribution in [3.8, 4) is 11.3 Å². The Morgan fingerprint density at radius 3 is 2.68 bits per heavy atom. The molecule has 0 aliphatic carbocycles. The smallest absolute Gasteiger partial charge is 0.117 e. The molecular formula is C19H21ClN4O. The highest BCUT2D eigenvalue weighted by molar-refractivity contribution is 6.30. The number of aromatic nitrogens is 3. The fourth-order valence-electron chi connectivity index (χ4n) is 2.57. The second-order valence-corrected chi connectivity index (χ2v) is 6.13. The average Bonchev–Trinajstić information content (AvgIpc) is 3.02. The van der Waals surface area contributed by atoms with Crippen LogP contribution >= 0.6 is 11.6 Å². The van der Waals surface area contributed by atoms with E-state index in [0.717, 1.165) is 34.1 Å². The molecule has 2 aromatic carbocycles. The van der Waals surface area contributed by atoms with Gasteiger partial charge in [0.15, 0.2) is 0 Å². The molecule has 1 heterocycles. The summed E-state index contributed by atoms with van der Waals surface area (Å²) in [6.07, 6.45) is 0. The minimum Gasteiger partial charge on any atom is -0.383 e. The van der Waals surface area contributed by atoms with Crippen molar-refractivity contribution in [3.63, 3.8) is 0 Å². The van der Waals surface area contributed by atoms with Crippen LogP contribution in [0.15, 0.2) is 54.6 Å². The normalized spacial score (nSPS) is 11.0. The summed E-state index contributed by atoms with van der Waals surface area (Å²) in [7, 11) is 1.69. The molecule has 25 heavy (non-hydrogen) atoms. The first-order valence-corrected chi connectivity index (χ1v) is 8.57. The molecule has 3 rings (SSSR count). The predicted molar refractivity (Wildman–Crippen MR) is 99.6 cm³/mol. The van der Waals surface area contributed by atoms with E-state index in [2.05, 4.69) is 10.4 Å². The molecule has 130 valence electrons. The number of nitrogens with zero attached hydrogens (tertiary/aromatic N) is 3. The molecule has 0 spiro atoms. The second kappa shape index (κ2) is 8.76. The number of methoxy groups -OCH3 is 1. The highest BCUT2D eigenvalue weighted by atomic mass is 35.5. The Balaban J connectivity index is 1.83. The number of benzene rings is 2. The third kappa shape index (κ3) is 4.89. The van der Waals surface area contributed by atoms with Gasteiger partial charge in [0.1, 0.15) is 11.4 Å². The van der Waals surface area contributed by atoms with Crippen LogP contribution in [0.25, 0.3) is 11.3 Å². The Morgan fingerprint density at radius 1 is 1.08 bits per heavy atom. The molecule has 3 aromatic rings. The zero-order chi connectivity index (χ0) is 17.5. The fraction of sp³-hybridized carbons (Fsp3) is 0.263. The Hall–Kier alpha value is -2.21. The van der Waals surface area contributed by atoms with Crippen molar-refractivity contribution in [1.82, 2.24) is 20.3 Å². The van der Waals surface area contributed by atoms with E-state index in [1.54, 1.807) is 11.9 Å². The molecule has 0 aliphatic heterocycles. The Bertz CT molecular complexity index is 804. The standard InChI is InChI=1S/C19H21ClN4O/c1-25-11-10-21-13-18-19(16-7-3-2-4-8-16)23-24(22-18)14-15-6-5-9-17(20)12-15/h2-9,12,21H,10-11,13-14H2,1H3. The molecule has 0 bridgehead atoms. The van der Waals surface area contributed by atoms with Gasteiger partial charge >= 0.3 is 0 Å². The Labute approximate surface area is 152 Å². The van der Waals surface area contributed by atoms with E-state index in [-0.39, 0.29) is 0 Å². The quantitative estimate of drug-likeness (QED) is 0.629. The van der Waals surface area contributed by atoms with Crippen LogP contribution in [0.2, 0.25) is 5.02 Å². The average molecular weight is 357 g/mol. The van der Waals surface area contributed by atoms with Crippen LogP contribution in [0.4, 0.5) is 0 Å². The van der Waals surface area contributed by atoms with Crippen molar-refractivity contribution in [1.29, 1.82) is 0 Å². The summed E-state index contributed by atoms with van der Waals surface area (Å²) < 4.78 is 5.07. The lowest BCUT2D eigenvalue weighted by molar-refractivity contribution is 0.199. The second-order valence-electron chi connectivity index (χ2n) is 5.69. The number of hydrogen-bond donors (Lipinski definition) is 1. The number of nitrogens with one attached hydrogen (secondary N) is 1. The van der Waals surface area contributed by atoms with Gasteiger partial charge < -0.3 is 10.1 Å². The summed E-state index contributed by atoms with van der Waals surface area (Å²) >= 11 is 6.07. The van der Waals surface area contributed by atoms with Crippen molar-refractivity contribution in [3.05, 3.63) is 70.9 Å². The maximum absolute atomic E-state index is 6.07. The lowest BCUT2D eigenvalue weighted by Crippen LogP contribution is -2.19. The van der Waals surface area contributed by atoms with Crippen LogP contribution in [0.1, 0.15) is 11.3 Å². The summed E-state index contributed by atoms with van der Waals surface area (Å²) in [6.45, 7) is 2.66. The van der Waals surface area contributed by atoms with Gasteiger partial charge in [0.2, 0.25) is 0 Å². The van der Waals surface area contributed by atoms with Crippen molar-refractivity contribution in [2.75, 3.05) is 20.3 Å². The van der Waals surface area contributed by atoms with Gasteiger partial charge in [-0.05, 0) is 17.7 Å². The van der Waals surface area contributed by atoms with Crippen molar-refractivity contribution >= 4 is 11.6 Å². The maximum Gasteiger partial charge on any atom is 0.117 e. The minimum absolute atomic E-state index is 0.582. The van der Waals surface area contributed by atoms with E-state index in [9.17, 15) is 0 Å². The molecule has 0 radical (unpaired) electrons. The van der Waals surface area contributed by atoms with Crippen molar-refractivity contribution in [2.45, 2.75) is 13.1 Å². The van der Waals surface area contributed by atoms with Crippen LogP contribution in [0.3, 0.4) is 0 Å². The molecule has 0 aliphatic rings. The third-order valence-corrected chi connectivity index (χ3v) is 4.00. The maximum atomic E-state index is 6.07. The number of halogens is 1. The summed E-state index contributed by atoms with van der Waals surface area (Å²) in [5, 5.41) is 13.4. The first kappa shape index (κ1) is 17.6. The lowest BCUT2D eigenvalue weighted by atomic mass is 10.1. The zero-order valence-corrected chi connectivity index (χ0v) is 14.9. The molecule has 6 heteroatoms. The molecular weight excluding hydrogens is 336 g/mol. The Morgan fingerprint density at radius 2 is 1.92 bits per heavy atom. The zero-order valence-electron chi connectivity index (χ0n) is 14.2. The van der Waals surface area contributed by atoms with Gasteiger partial charge in [-0.2, -0.15) is 15.0 Å². The van der Waals surface area contributed by atoms with Gasteiger partial charge in [0.05, 0.1) is 13.2 Å². The molecule has 1 N–H and O–H groups in total. The molecule has 0 amide bonds. The van der Waals surface area contributed by atoms with Gasteiger partial charge in [-0.3, -0.25) is 0 Å². The third-order valence-electron chi connectivity index (χ3n) is 3.76. The van der Waals surface area contributed by atoms with Gasteiger partial charge in [-0.25, -0.2) is 0 Å². The lowest BCUT2D eigenvalue weighted by Gasteiger charge is -2.03. The largest absolute Gasteiger partial charge is 0.383 e. The first-order chi connectivity index (χ1) is 12.3. The van der Waals surface area contributed by atoms with Gasteiger partial charge in [-0.1, -0.05) is 54.1 Å². The van der Waals surface area contributed by atoms with Crippen LogP contribution in [0, 0.1) is 0 Å². The molecule has 1 aromatic heterocycles. The van der Waals surface area contributed by atoms with Gasteiger partial charge in [-0.15, -0.1) is 0 Å². The monoisotopic (exact) mass is 356 g/mol. The number of ether oxygens (including phenoxy) is 1. The highest BCUT2D eigenvalue weighted by Crippen LogP contribution is 2.20. The van der Waals surface area contributed by atoms with Crippen LogP contribution < -0.4 is 5.32 Å². The van der Waals surface area contributed by atoms with Crippen LogP contribution in [0.5, 0.6) is 0 Å². The first-order valence-electron chi connectivity index (χ1n) is 8.20. The van der Waals surface area contributed by atoms with E-state index < -0.39 is 0 Å². The minimum atomic E-state index is 0.582. The molecule has 0 fully saturated rings. The van der Waals surface area contributed by atoms with E-state index in [4.69, 9.17) is 21.4 Å². The van der Waals surface area contributed by atoms with E-state index in [1.165, 1.54) is 0 Å². The Kier molecular flexibility index (Phi) is 6.17. The molecule has 5 nitrogen and oxygen atoms in total. The van der Waals surface area contributed by atoms with E-state index in [0.29, 0.717) is 19.7 Å². The van der Waals surface area contributed by atoms with Gasteiger partial charge in [0, 0.05) is 30.8 Å². The SMILES string of the molecule is COCCNCc1nn(Cc2cccc(Cl)c2)nc1-c1ccccc1. The molecule has 0 atom stereocenters. The van der Waals surface area contributed by atoms with E-state index >= 15 is 0 Å². The van der Waals surface area contributed by atoms with Crippen molar-refractivity contribution < 1.29 is 4.74 Å². The topological polar surface area (TPSA) is 52.0 Å². The molecule has 0 saturated carbocycles. The summed E-state index contributed by atoms with van der Waals surface area (Å²) in [5.74, 6) is 0. The summed E-state index contributed by atoms with van der Waals surface area (Å²) in [4.78, 5) is 1.72. The van der Waals surface area contributed by atoms with Crippen molar-refractivity contribution in [2.24, 2.45) is 0 Å². The predicted octanol–water partition coefficient (Wildman–Crippen LogP) is 3.38. The number of rotatable bonds is 8. The van der Waals surface area contributed by atoms with Crippen LogP contribution in [-0.2, 0) is 17.8 Å². The van der Waals surface area contributed by atoms with E-state index in [1.807, 2.05) is 54.6 Å². The summed E-state index contributed by atoms with van der Waals surface area (Å²) in [5.41, 5.74) is 3.95.